The van der Waals surface area contributed by atoms with Gasteiger partial charge in [-0.3, -0.25) is 9.89 Å². The predicted molar refractivity (Wildman–Crippen MR) is 125 cm³/mol. The van der Waals surface area contributed by atoms with Gasteiger partial charge >= 0.3 is 6.18 Å². The van der Waals surface area contributed by atoms with Crippen molar-refractivity contribution in [2.24, 2.45) is 10.9 Å². The van der Waals surface area contributed by atoms with E-state index in [9.17, 15) is 18.3 Å². The van der Waals surface area contributed by atoms with Crippen molar-refractivity contribution in [3.05, 3.63) is 35.9 Å². The number of benzene rings is 1. The van der Waals surface area contributed by atoms with Crippen molar-refractivity contribution in [1.29, 1.82) is 0 Å². The molecule has 1 atom stereocenters. The summed E-state index contributed by atoms with van der Waals surface area (Å²) in [7, 11) is 0. The van der Waals surface area contributed by atoms with Crippen molar-refractivity contribution < 1.29 is 18.3 Å². The molecule has 0 aromatic heterocycles. The molecule has 2 rings (SSSR count). The summed E-state index contributed by atoms with van der Waals surface area (Å²) in [4.78, 5) is 6.06. The van der Waals surface area contributed by atoms with Crippen LogP contribution >= 0.6 is 24.0 Å². The van der Waals surface area contributed by atoms with E-state index in [1.807, 2.05) is 37.3 Å². The van der Waals surface area contributed by atoms with Gasteiger partial charge in [0, 0.05) is 19.6 Å². The molecule has 172 valence electrons. The fourth-order valence-electron chi connectivity index (χ4n) is 3.56. The molecular weight excluding hydrogens is 508 g/mol. The highest BCUT2D eigenvalue weighted by atomic mass is 127. The Balaban J connectivity index is 0.00000450. The van der Waals surface area contributed by atoms with Crippen LogP contribution < -0.4 is 10.6 Å². The van der Waals surface area contributed by atoms with E-state index in [-0.39, 0.29) is 24.0 Å². The number of alkyl halides is 3. The van der Waals surface area contributed by atoms with Crippen molar-refractivity contribution in [2.45, 2.75) is 44.9 Å². The lowest BCUT2D eigenvalue weighted by Crippen LogP contribution is -2.40. The molecule has 1 heterocycles. The van der Waals surface area contributed by atoms with Crippen LogP contribution in [0.2, 0.25) is 0 Å². The number of nitrogens with zero attached hydrogens (tertiary/aromatic N) is 2. The van der Waals surface area contributed by atoms with Gasteiger partial charge in [-0.1, -0.05) is 30.3 Å². The Bertz CT molecular complexity index is 608. The fourth-order valence-corrected chi connectivity index (χ4v) is 3.56. The number of piperidine rings is 1. The third-order valence-corrected chi connectivity index (χ3v) is 5.16. The quantitative estimate of drug-likeness (QED) is 0.252. The lowest BCUT2D eigenvalue weighted by molar-refractivity contribution is -0.148. The molecule has 1 fully saturated rings. The van der Waals surface area contributed by atoms with Crippen LogP contribution in [0.5, 0.6) is 0 Å². The van der Waals surface area contributed by atoms with Gasteiger partial charge < -0.3 is 15.7 Å². The first-order chi connectivity index (χ1) is 13.9. The number of halogens is 4. The van der Waals surface area contributed by atoms with Gasteiger partial charge in [0.1, 0.15) is 0 Å². The van der Waals surface area contributed by atoms with E-state index in [0.717, 1.165) is 31.4 Å². The maximum atomic E-state index is 12.5. The van der Waals surface area contributed by atoms with Crippen molar-refractivity contribution in [3.63, 3.8) is 0 Å². The molecule has 0 radical (unpaired) electrons. The molecule has 5 nitrogen and oxygen atoms in total. The number of guanidine groups is 1. The largest absolute Gasteiger partial charge is 0.401 e. The van der Waals surface area contributed by atoms with E-state index in [1.54, 1.807) is 0 Å². The van der Waals surface area contributed by atoms with Crippen molar-refractivity contribution in [2.75, 3.05) is 39.3 Å². The molecule has 1 unspecified atom stereocenters. The molecule has 1 aromatic carbocycles. The minimum absolute atomic E-state index is 0. The van der Waals surface area contributed by atoms with E-state index in [2.05, 4.69) is 15.6 Å². The number of nitrogens with one attached hydrogen (secondary N) is 2. The molecule has 0 amide bonds. The normalized spacial score (nSPS) is 17.3. The summed E-state index contributed by atoms with van der Waals surface area (Å²) in [5, 5.41) is 16.7. The molecule has 1 aliphatic rings. The fraction of sp³-hybridized carbons (Fsp3) is 0.667. The van der Waals surface area contributed by atoms with Crippen LogP contribution in [0.4, 0.5) is 13.2 Å². The summed E-state index contributed by atoms with van der Waals surface area (Å²) in [6.07, 6.45) is -1.60. The molecular formula is C21H34F3IN4O. The molecule has 1 saturated heterocycles. The first-order valence-electron chi connectivity index (χ1n) is 10.4. The molecule has 0 aliphatic carbocycles. The van der Waals surface area contributed by atoms with Gasteiger partial charge in [-0.2, -0.15) is 13.2 Å². The van der Waals surface area contributed by atoms with E-state index >= 15 is 0 Å². The number of hydrogen-bond acceptors (Lipinski definition) is 3. The molecule has 0 bridgehead atoms. The summed E-state index contributed by atoms with van der Waals surface area (Å²) in [6.45, 7) is 4.17. The topological polar surface area (TPSA) is 59.9 Å². The van der Waals surface area contributed by atoms with Gasteiger partial charge in [-0.15, -0.1) is 24.0 Å². The summed E-state index contributed by atoms with van der Waals surface area (Å²) >= 11 is 0. The van der Waals surface area contributed by atoms with Crippen molar-refractivity contribution >= 4 is 29.9 Å². The SMILES string of the molecule is CCNC(=NCCC1CCN(CC(F)(F)F)CC1)NCCC(O)c1ccccc1.I. The molecule has 1 aliphatic heterocycles. The monoisotopic (exact) mass is 542 g/mol. The van der Waals surface area contributed by atoms with E-state index in [1.165, 1.54) is 4.90 Å². The Morgan fingerprint density at radius 2 is 1.87 bits per heavy atom. The summed E-state index contributed by atoms with van der Waals surface area (Å²) in [5.74, 6) is 1.13. The second kappa shape index (κ2) is 14.1. The third kappa shape index (κ3) is 10.8. The lowest BCUT2D eigenvalue weighted by atomic mass is 9.93. The number of aliphatic hydroxyl groups excluding tert-OH is 1. The zero-order valence-electron chi connectivity index (χ0n) is 17.5. The predicted octanol–water partition coefficient (Wildman–Crippen LogP) is 3.95. The van der Waals surface area contributed by atoms with Gasteiger partial charge in [-0.05, 0) is 57.2 Å². The van der Waals surface area contributed by atoms with Crippen LogP contribution in [0.25, 0.3) is 0 Å². The van der Waals surface area contributed by atoms with Gasteiger partial charge in [0.05, 0.1) is 12.6 Å². The van der Waals surface area contributed by atoms with Crippen molar-refractivity contribution in [1.82, 2.24) is 15.5 Å². The summed E-state index contributed by atoms with van der Waals surface area (Å²) in [6, 6.07) is 9.55. The molecule has 30 heavy (non-hydrogen) atoms. The minimum Gasteiger partial charge on any atom is -0.388 e. The van der Waals surface area contributed by atoms with Gasteiger partial charge in [0.15, 0.2) is 5.96 Å². The van der Waals surface area contributed by atoms with Crippen LogP contribution in [-0.4, -0.2) is 61.4 Å². The highest BCUT2D eigenvalue weighted by Gasteiger charge is 2.32. The molecule has 0 spiro atoms. The summed E-state index contributed by atoms with van der Waals surface area (Å²) in [5.41, 5.74) is 0.896. The van der Waals surface area contributed by atoms with Crippen LogP contribution in [0.3, 0.4) is 0 Å². The number of aliphatic hydroxyl groups is 1. The number of aliphatic imine (C=N–C) groups is 1. The van der Waals surface area contributed by atoms with Gasteiger partial charge in [0.25, 0.3) is 0 Å². The second-order valence-electron chi connectivity index (χ2n) is 7.53. The standard InChI is InChI=1S/C21H33F3N4O.HI/c1-2-25-20(27-13-9-19(29)18-6-4-3-5-7-18)26-12-8-17-10-14-28(15-11-17)16-21(22,23)24;/h3-7,17,19,29H,2,8-16H2,1H3,(H2,25,26,27);1H. The van der Waals surface area contributed by atoms with Crippen LogP contribution in [0, 0.1) is 5.92 Å². The number of rotatable bonds is 9. The van der Waals surface area contributed by atoms with Gasteiger partial charge in [0.2, 0.25) is 0 Å². The maximum Gasteiger partial charge on any atom is 0.401 e. The van der Waals surface area contributed by atoms with Crippen LogP contribution in [-0.2, 0) is 0 Å². The molecule has 1 aromatic rings. The second-order valence-corrected chi connectivity index (χ2v) is 7.53. The average molecular weight is 542 g/mol. The lowest BCUT2D eigenvalue weighted by Gasteiger charge is -2.32. The smallest absolute Gasteiger partial charge is 0.388 e. The Morgan fingerprint density at radius 3 is 2.47 bits per heavy atom. The Morgan fingerprint density at radius 1 is 1.20 bits per heavy atom. The third-order valence-electron chi connectivity index (χ3n) is 5.16. The van der Waals surface area contributed by atoms with E-state index < -0.39 is 18.8 Å². The van der Waals surface area contributed by atoms with Crippen molar-refractivity contribution in [3.8, 4) is 0 Å². The van der Waals surface area contributed by atoms with E-state index in [4.69, 9.17) is 0 Å². The first kappa shape index (κ1) is 27.0. The Labute approximate surface area is 194 Å². The van der Waals surface area contributed by atoms with Crippen LogP contribution in [0.1, 0.15) is 44.3 Å². The zero-order valence-corrected chi connectivity index (χ0v) is 19.8. The average Bonchev–Trinajstić information content (AvgIpc) is 2.69. The van der Waals surface area contributed by atoms with Crippen LogP contribution in [0.15, 0.2) is 35.3 Å². The number of hydrogen-bond donors (Lipinski definition) is 3. The molecule has 9 heteroatoms. The Kier molecular flexibility index (Phi) is 12.7. The zero-order chi connectivity index (χ0) is 21.1. The first-order valence-corrected chi connectivity index (χ1v) is 10.4. The highest BCUT2D eigenvalue weighted by molar-refractivity contribution is 14.0. The number of likely N-dealkylation sites (tertiary alicyclic amines) is 1. The Hall–Kier alpha value is -1.07. The maximum absolute atomic E-state index is 12.5. The highest BCUT2D eigenvalue weighted by Crippen LogP contribution is 2.24. The molecule has 3 N–H and O–H groups in total. The van der Waals surface area contributed by atoms with E-state index in [0.29, 0.717) is 44.5 Å². The minimum atomic E-state index is -4.11. The summed E-state index contributed by atoms with van der Waals surface area (Å²) < 4.78 is 37.4. The van der Waals surface area contributed by atoms with Gasteiger partial charge in [-0.25, -0.2) is 0 Å². The molecule has 0 saturated carbocycles.